The van der Waals surface area contributed by atoms with Crippen LogP contribution in [0, 0.1) is 0 Å². The van der Waals surface area contributed by atoms with Gasteiger partial charge in [0.1, 0.15) is 0 Å². The number of nitrogens with one attached hydrogen (secondary N) is 2. The van der Waals surface area contributed by atoms with Crippen molar-refractivity contribution in [2.45, 2.75) is 58.9 Å². The Kier molecular flexibility index (Phi) is 8.81. The van der Waals surface area contributed by atoms with Crippen LogP contribution in [0.25, 0.3) is 0 Å². The molecule has 2 N–H and O–H groups in total. The van der Waals surface area contributed by atoms with Gasteiger partial charge in [0, 0.05) is 19.1 Å². The summed E-state index contributed by atoms with van der Waals surface area (Å²) in [6.45, 7) is 10.4. The lowest BCUT2D eigenvalue weighted by molar-refractivity contribution is 0.384. The van der Waals surface area contributed by atoms with Crippen molar-refractivity contribution in [2.24, 2.45) is 0 Å². The molecule has 19 heavy (non-hydrogen) atoms. The van der Waals surface area contributed by atoms with E-state index in [1.54, 1.807) is 7.05 Å². The Bertz CT molecular complexity index is 329. The maximum absolute atomic E-state index is 12.1. The van der Waals surface area contributed by atoms with Crippen LogP contribution in [0.15, 0.2) is 0 Å². The first-order valence-electron chi connectivity index (χ1n) is 7.21. The van der Waals surface area contributed by atoms with Crippen molar-refractivity contribution in [3.05, 3.63) is 0 Å². The monoisotopic (exact) mass is 293 g/mol. The van der Waals surface area contributed by atoms with Crippen molar-refractivity contribution in [1.29, 1.82) is 0 Å². The van der Waals surface area contributed by atoms with E-state index in [0.717, 1.165) is 38.8 Å². The molecule has 0 saturated carbocycles. The molecule has 0 heterocycles. The van der Waals surface area contributed by atoms with Crippen LogP contribution in [-0.2, 0) is 10.2 Å². The molecule has 0 amide bonds. The van der Waals surface area contributed by atoms with E-state index < -0.39 is 10.2 Å². The molecule has 0 unspecified atom stereocenters. The number of hydrogen-bond donors (Lipinski definition) is 2. The highest BCUT2D eigenvalue weighted by Gasteiger charge is 2.26. The van der Waals surface area contributed by atoms with Crippen LogP contribution in [0.2, 0.25) is 0 Å². The maximum atomic E-state index is 12.1. The van der Waals surface area contributed by atoms with Gasteiger partial charge in [-0.3, -0.25) is 0 Å². The minimum atomic E-state index is -3.38. The molecule has 0 atom stereocenters. The van der Waals surface area contributed by atoms with Crippen molar-refractivity contribution in [1.82, 2.24) is 14.3 Å². The summed E-state index contributed by atoms with van der Waals surface area (Å²) in [5, 5.41) is 3.27. The van der Waals surface area contributed by atoms with Gasteiger partial charge in [0.15, 0.2) is 0 Å². The van der Waals surface area contributed by atoms with Gasteiger partial charge >= 0.3 is 0 Å². The zero-order valence-electron chi connectivity index (χ0n) is 13.1. The van der Waals surface area contributed by atoms with Gasteiger partial charge in [0.25, 0.3) is 10.2 Å². The molecule has 0 spiro atoms. The first kappa shape index (κ1) is 18.8. The average Bonchev–Trinajstić information content (AvgIpc) is 2.26. The standard InChI is InChI=1S/C13H31N3O2S/c1-6-9-13(3,4)15-19(17,18)16(5)12-8-11-14-10-7-2/h14-15H,6-12H2,1-5H3. The first-order valence-corrected chi connectivity index (χ1v) is 8.65. The van der Waals surface area contributed by atoms with Gasteiger partial charge < -0.3 is 5.32 Å². The lowest BCUT2D eigenvalue weighted by Crippen LogP contribution is -2.49. The van der Waals surface area contributed by atoms with Gasteiger partial charge in [-0.05, 0) is 46.2 Å². The topological polar surface area (TPSA) is 61.4 Å². The quantitative estimate of drug-likeness (QED) is 0.570. The van der Waals surface area contributed by atoms with Crippen LogP contribution in [0.5, 0.6) is 0 Å². The molecule has 0 rings (SSSR count). The molecule has 0 saturated heterocycles. The van der Waals surface area contributed by atoms with E-state index >= 15 is 0 Å². The Hall–Kier alpha value is -0.170. The van der Waals surface area contributed by atoms with Crippen LogP contribution in [0.3, 0.4) is 0 Å². The Morgan fingerprint density at radius 3 is 2.26 bits per heavy atom. The summed E-state index contributed by atoms with van der Waals surface area (Å²) >= 11 is 0. The smallest absolute Gasteiger partial charge is 0.279 e. The van der Waals surface area contributed by atoms with Gasteiger partial charge in [0.2, 0.25) is 0 Å². The number of nitrogens with zero attached hydrogens (tertiary/aromatic N) is 1. The van der Waals surface area contributed by atoms with Crippen molar-refractivity contribution < 1.29 is 8.42 Å². The molecule has 0 bridgehead atoms. The molecule has 0 fully saturated rings. The predicted molar refractivity (Wildman–Crippen MR) is 81.5 cm³/mol. The summed E-state index contributed by atoms with van der Waals surface area (Å²) in [4.78, 5) is 0. The number of rotatable bonds is 11. The molecule has 0 aliphatic heterocycles. The minimum Gasteiger partial charge on any atom is -0.317 e. The van der Waals surface area contributed by atoms with Crippen LogP contribution >= 0.6 is 0 Å². The van der Waals surface area contributed by atoms with E-state index in [1.165, 1.54) is 4.31 Å². The maximum Gasteiger partial charge on any atom is 0.279 e. The van der Waals surface area contributed by atoms with Crippen molar-refractivity contribution in [3.63, 3.8) is 0 Å². The zero-order chi connectivity index (χ0) is 14.9. The van der Waals surface area contributed by atoms with Gasteiger partial charge in [0.05, 0.1) is 0 Å². The van der Waals surface area contributed by atoms with Crippen molar-refractivity contribution in [3.8, 4) is 0 Å². The average molecular weight is 293 g/mol. The Balaban J connectivity index is 4.17. The largest absolute Gasteiger partial charge is 0.317 e. The second-order valence-corrected chi connectivity index (χ2v) is 7.44. The van der Waals surface area contributed by atoms with Crippen molar-refractivity contribution in [2.75, 3.05) is 26.7 Å². The Labute approximate surface area is 119 Å². The summed E-state index contributed by atoms with van der Waals surface area (Å²) in [5.41, 5.74) is -0.387. The van der Waals surface area contributed by atoms with Gasteiger partial charge in [-0.25, -0.2) is 0 Å². The van der Waals surface area contributed by atoms with Crippen LogP contribution in [-0.4, -0.2) is 44.9 Å². The summed E-state index contributed by atoms with van der Waals surface area (Å²) in [5.74, 6) is 0. The highest BCUT2D eigenvalue weighted by molar-refractivity contribution is 7.87. The lowest BCUT2D eigenvalue weighted by Gasteiger charge is -2.28. The third kappa shape index (κ3) is 8.57. The molecular formula is C13H31N3O2S. The SMILES string of the molecule is CCCNCCCN(C)S(=O)(=O)NC(C)(C)CCC. The van der Waals surface area contributed by atoms with Crippen molar-refractivity contribution >= 4 is 10.2 Å². The van der Waals surface area contributed by atoms with E-state index in [2.05, 4.69) is 23.9 Å². The minimum absolute atomic E-state index is 0.387. The van der Waals surface area contributed by atoms with E-state index in [-0.39, 0.29) is 5.54 Å². The fraction of sp³-hybridized carbons (Fsp3) is 1.00. The van der Waals surface area contributed by atoms with E-state index in [9.17, 15) is 8.42 Å². The van der Waals surface area contributed by atoms with E-state index in [4.69, 9.17) is 0 Å². The molecule has 0 aliphatic carbocycles. The van der Waals surface area contributed by atoms with Crippen LogP contribution < -0.4 is 10.0 Å². The molecule has 0 aromatic carbocycles. The Morgan fingerprint density at radius 2 is 1.74 bits per heavy atom. The number of hydrogen-bond acceptors (Lipinski definition) is 3. The molecule has 0 aromatic rings. The molecule has 5 nitrogen and oxygen atoms in total. The van der Waals surface area contributed by atoms with Gasteiger partial charge in [-0.1, -0.05) is 20.3 Å². The third-order valence-corrected chi connectivity index (χ3v) is 4.76. The summed E-state index contributed by atoms with van der Waals surface area (Å²) in [6, 6.07) is 0. The summed E-state index contributed by atoms with van der Waals surface area (Å²) in [6.07, 6.45) is 3.71. The predicted octanol–water partition coefficient (Wildman–Crippen LogP) is 1.72. The fourth-order valence-corrected chi connectivity index (χ4v) is 3.28. The molecule has 0 aliphatic rings. The molecular weight excluding hydrogens is 262 g/mol. The zero-order valence-corrected chi connectivity index (χ0v) is 13.9. The fourth-order valence-electron chi connectivity index (χ4n) is 1.95. The van der Waals surface area contributed by atoms with Gasteiger partial charge in [-0.2, -0.15) is 17.4 Å². The molecule has 0 aromatic heterocycles. The van der Waals surface area contributed by atoms with Gasteiger partial charge in [-0.15, -0.1) is 0 Å². The molecule has 0 radical (unpaired) electrons. The van der Waals surface area contributed by atoms with Crippen LogP contribution in [0.1, 0.15) is 53.4 Å². The normalized spacial score (nSPS) is 13.2. The summed E-state index contributed by atoms with van der Waals surface area (Å²) < 4.78 is 28.4. The highest BCUT2D eigenvalue weighted by Crippen LogP contribution is 2.13. The first-order chi connectivity index (χ1) is 8.75. The molecule has 116 valence electrons. The highest BCUT2D eigenvalue weighted by atomic mass is 32.2. The Morgan fingerprint density at radius 1 is 1.11 bits per heavy atom. The van der Waals surface area contributed by atoms with E-state index in [1.807, 2.05) is 13.8 Å². The molecule has 6 heteroatoms. The van der Waals surface area contributed by atoms with E-state index in [0.29, 0.717) is 6.54 Å². The lowest BCUT2D eigenvalue weighted by atomic mass is 10.0. The third-order valence-electron chi connectivity index (χ3n) is 2.94. The summed E-state index contributed by atoms with van der Waals surface area (Å²) in [7, 11) is -1.75. The van der Waals surface area contributed by atoms with Crippen LogP contribution in [0.4, 0.5) is 0 Å². The second-order valence-electron chi connectivity index (χ2n) is 5.67. The second kappa shape index (κ2) is 8.89.